The Morgan fingerprint density at radius 3 is 2.00 bits per heavy atom. The predicted octanol–water partition coefficient (Wildman–Crippen LogP) is 4.20. The lowest BCUT2D eigenvalue weighted by atomic mass is 10.1. The normalized spacial score (nSPS) is 11.7. The van der Waals surface area contributed by atoms with Crippen molar-refractivity contribution in [3.8, 4) is 0 Å². The number of sulfonamides is 1. The van der Waals surface area contributed by atoms with Crippen LogP contribution in [0.1, 0.15) is 76.1 Å². The van der Waals surface area contributed by atoms with Crippen LogP contribution in [0.2, 0.25) is 0 Å². The van der Waals surface area contributed by atoms with Crippen LogP contribution in [0.4, 0.5) is 0 Å². The largest absolute Gasteiger partial charge is 0.352 e. The summed E-state index contributed by atoms with van der Waals surface area (Å²) in [5, 5.41) is 2.90. The summed E-state index contributed by atoms with van der Waals surface area (Å²) in [5.41, 5.74) is 0.495. The average Bonchev–Trinajstić information content (AvgIpc) is 2.64. The van der Waals surface area contributed by atoms with Gasteiger partial charge in [0.1, 0.15) is 0 Å². The van der Waals surface area contributed by atoms with E-state index in [4.69, 9.17) is 0 Å². The fourth-order valence-electron chi connectivity index (χ4n) is 2.81. The highest BCUT2D eigenvalue weighted by molar-refractivity contribution is 7.89. The molecule has 0 unspecified atom stereocenters. The summed E-state index contributed by atoms with van der Waals surface area (Å²) in [6.45, 7) is 7.79. The van der Waals surface area contributed by atoms with Crippen molar-refractivity contribution < 1.29 is 13.2 Å². The summed E-state index contributed by atoms with van der Waals surface area (Å²) in [5.74, 6) is -0.150. The third kappa shape index (κ3) is 7.08. The highest BCUT2D eigenvalue weighted by Gasteiger charge is 2.23. The molecule has 0 radical (unpaired) electrons. The molecule has 0 aliphatic heterocycles. The van der Waals surface area contributed by atoms with Crippen LogP contribution in [0.3, 0.4) is 0 Å². The number of rotatable bonds is 13. The van der Waals surface area contributed by atoms with Crippen molar-refractivity contribution in [1.82, 2.24) is 9.62 Å². The van der Waals surface area contributed by atoms with Gasteiger partial charge in [-0.25, -0.2) is 8.42 Å². The van der Waals surface area contributed by atoms with Gasteiger partial charge in [-0.3, -0.25) is 4.79 Å². The number of unbranched alkanes of at least 4 members (excludes halogenated alkanes) is 4. The molecule has 0 aliphatic carbocycles. The number of hydrogen-bond acceptors (Lipinski definition) is 3. The van der Waals surface area contributed by atoms with Crippen LogP contribution in [0.25, 0.3) is 0 Å². The maximum Gasteiger partial charge on any atom is 0.251 e. The van der Waals surface area contributed by atoms with Gasteiger partial charge in [-0.15, -0.1) is 0 Å². The molecule has 0 spiro atoms. The third-order valence-corrected chi connectivity index (χ3v) is 6.18. The van der Waals surface area contributed by atoms with Crippen LogP contribution in [-0.4, -0.2) is 38.3 Å². The molecule has 0 saturated carbocycles. The predicted molar refractivity (Wildman–Crippen MR) is 107 cm³/mol. The topological polar surface area (TPSA) is 66.5 Å². The minimum Gasteiger partial charge on any atom is -0.352 e. The average molecular weight is 383 g/mol. The fourth-order valence-corrected chi connectivity index (χ4v) is 4.43. The Kier molecular flexibility index (Phi) is 10.5. The molecular formula is C20H34N2O3S. The maximum absolute atomic E-state index is 12.7. The first-order chi connectivity index (χ1) is 12.5. The lowest BCUT2D eigenvalue weighted by Crippen LogP contribution is -2.32. The summed E-state index contributed by atoms with van der Waals surface area (Å²) >= 11 is 0. The lowest BCUT2D eigenvalue weighted by molar-refractivity contribution is 0.0953. The first kappa shape index (κ1) is 22.6. The van der Waals surface area contributed by atoms with E-state index in [1.807, 2.05) is 13.8 Å². The Bertz CT molecular complexity index is 621. The second kappa shape index (κ2) is 12.1. The Balaban J connectivity index is 2.65. The molecule has 6 heteroatoms. The van der Waals surface area contributed by atoms with Crippen molar-refractivity contribution in [2.75, 3.05) is 19.6 Å². The van der Waals surface area contributed by atoms with Crippen molar-refractivity contribution in [2.45, 2.75) is 70.6 Å². The number of hydrogen-bond donors (Lipinski definition) is 1. The number of carbonyl (C=O) groups is 1. The van der Waals surface area contributed by atoms with Gasteiger partial charge in [0.15, 0.2) is 0 Å². The molecule has 0 saturated heterocycles. The number of nitrogens with zero attached hydrogens (tertiary/aromatic N) is 1. The Morgan fingerprint density at radius 1 is 0.885 bits per heavy atom. The minimum absolute atomic E-state index is 0.150. The highest BCUT2D eigenvalue weighted by atomic mass is 32.2. The Hall–Kier alpha value is -1.40. The Morgan fingerprint density at radius 2 is 1.46 bits per heavy atom. The van der Waals surface area contributed by atoms with Crippen molar-refractivity contribution in [1.29, 1.82) is 0 Å². The molecule has 0 aliphatic rings. The van der Waals surface area contributed by atoms with Crippen LogP contribution in [0, 0.1) is 0 Å². The van der Waals surface area contributed by atoms with Crippen LogP contribution < -0.4 is 5.32 Å². The molecule has 1 amide bonds. The fraction of sp³-hybridized carbons (Fsp3) is 0.650. The zero-order valence-electron chi connectivity index (χ0n) is 16.5. The smallest absolute Gasteiger partial charge is 0.251 e. The minimum atomic E-state index is -3.50. The van der Waals surface area contributed by atoms with E-state index in [0.29, 0.717) is 25.2 Å². The van der Waals surface area contributed by atoms with E-state index in [9.17, 15) is 13.2 Å². The molecule has 0 atom stereocenters. The van der Waals surface area contributed by atoms with Gasteiger partial charge in [-0.05, 0) is 43.5 Å². The van der Waals surface area contributed by atoms with E-state index in [0.717, 1.165) is 25.7 Å². The number of nitrogens with one attached hydrogen (secondary N) is 1. The second-order valence-electron chi connectivity index (χ2n) is 6.60. The number of carbonyl (C=O) groups excluding carboxylic acids is 1. The van der Waals surface area contributed by atoms with E-state index >= 15 is 0 Å². The maximum atomic E-state index is 12.7. The van der Waals surface area contributed by atoms with Crippen LogP contribution in [0.15, 0.2) is 29.2 Å². The van der Waals surface area contributed by atoms with Crippen molar-refractivity contribution >= 4 is 15.9 Å². The summed E-state index contributed by atoms with van der Waals surface area (Å²) in [6, 6.07) is 6.25. The molecule has 0 fully saturated rings. The zero-order valence-corrected chi connectivity index (χ0v) is 17.3. The number of amides is 1. The molecule has 0 aromatic heterocycles. The molecule has 1 rings (SSSR count). The van der Waals surface area contributed by atoms with Gasteiger partial charge in [0.05, 0.1) is 4.90 Å². The van der Waals surface area contributed by atoms with Gasteiger partial charge in [0, 0.05) is 25.2 Å². The van der Waals surface area contributed by atoms with Crippen LogP contribution in [0.5, 0.6) is 0 Å². The van der Waals surface area contributed by atoms with E-state index in [2.05, 4.69) is 12.2 Å². The standard InChI is InChI=1S/C20H34N2O3S/c1-4-7-8-9-10-15-21-20(23)18-11-13-19(14-12-18)26(24,25)22(16-5-2)17-6-3/h11-14H,4-10,15-17H2,1-3H3,(H,21,23). The van der Waals surface area contributed by atoms with Gasteiger partial charge >= 0.3 is 0 Å². The van der Waals surface area contributed by atoms with Gasteiger partial charge in [0.25, 0.3) is 5.91 Å². The van der Waals surface area contributed by atoms with E-state index < -0.39 is 10.0 Å². The molecule has 5 nitrogen and oxygen atoms in total. The van der Waals surface area contributed by atoms with Gasteiger partial charge in [-0.1, -0.05) is 46.5 Å². The summed E-state index contributed by atoms with van der Waals surface area (Å²) in [7, 11) is -3.50. The van der Waals surface area contributed by atoms with Crippen LogP contribution in [-0.2, 0) is 10.0 Å². The first-order valence-corrected chi connectivity index (χ1v) is 11.3. The molecule has 1 aromatic rings. The summed E-state index contributed by atoms with van der Waals surface area (Å²) < 4.78 is 26.9. The molecule has 1 aromatic carbocycles. The summed E-state index contributed by atoms with van der Waals surface area (Å²) in [4.78, 5) is 12.4. The number of benzene rings is 1. The van der Waals surface area contributed by atoms with Crippen molar-refractivity contribution in [3.05, 3.63) is 29.8 Å². The SMILES string of the molecule is CCCCCCCNC(=O)c1ccc(S(=O)(=O)N(CCC)CCC)cc1. The monoisotopic (exact) mass is 382 g/mol. The first-order valence-electron chi connectivity index (χ1n) is 9.85. The lowest BCUT2D eigenvalue weighted by Gasteiger charge is -2.21. The second-order valence-corrected chi connectivity index (χ2v) is 8.54. The van der Waals surface area contributed by atoms with E-state index in [1.54, 1.807) is 12.1 Å². The Labute approximate surface area is 159 Å². The molecule has 148 valence electrons. The van der Waals surface area contributed by atoms with Crippen molar-refractivity contribution in [3.63, 3.8) is 0 Å². The zero-order chi connectivity index (χ0) is 19.4. The summed E-state index contributed by atoms with van der Waals surface area (Å²) in [6.07, 6.45) is 7.28. The molecule has 0 heterocycles. The molecule has 0 bridgehead atoms. The van der Waals surface area contributed by atoms with Gasteiger partial charge < -0.3 is 5.32 Å². The van der Waals surface area contributed by atoms with E-state index in [1.165, 1.54) is 35.7 Å². The molecular weight excluding hydrogens is 348 g/mol. The third-order valence-electron chi connectivity index (χ3n) is 4.27. The van der Waals surface area contributed by atoms with E-state index in [-0.39, 0.29) is 10.8 Å². The highest BCUT2D eigenvalue weighted by Crippen LogP contribution is 2.17. The van der Waals surface area contributed by atoms with Crippen LogP contribution >= 0.6 is 0 Å². The quantitative estimate of drug-likeness (QED) is 0.520. The molecule has 26 heavy (non-hydrogen) atoms. The van der Waals surface area contributed by atoms with Gasteiger partial charge in [-0.2, -0.15) is 4.31 Å². The van der Waals surface area contributed by atoms with Gasteiger partial charge in [0.2, 0.25) is 10.0 Å². The van der Waals surface area contributed by atoms with Crippen molar-refractivity contribution in [2.24, 2.45) is 0 Å². The molecule has 1 N–H and O–H groups in total.